The molecule has 0 radical (unpaired) electrons. The van der Waals surface area contributed by atoms with Gasteiger partial charge in [0.05, 0.1) is 0 Å². The van der Waals surface area contributed by atoms with Crippen LogP contribution in [0.3, 0.4) is 0 Å². The Morgan fingerprint density at radius 2 is 0.583 bits per heavy atom. The van der Waals surface area contributed by atoms with Gasteiger partial charge >= 0.3 is 0 Å². The molecule has 0 heterocycles. The normalized spacial score (nSPS) is 10.8. The molecule has 2 heteroatoms. The van der Waals surface area contributed by atoms with Gasteiger partial charge in [0, 0.05) is 0 Å². The van der Waals surface area contributed by atoms with Crippen LogP contribution in [0.4, 0.5) is 0 Å². The van der Waals surface area contributed by atoms with Gasteiger partial charge in [0.1, 0.15) is 0 Å². The van der Waals surface area contributed by atoms with E-state index in [9.17, 15) is 0 Å². The van der Waals surface area contributed by atoms with Crippen molar-refractivity contribution in [3.8, 4) is 0 Å². The zero-order valence-corrected chi connectivity index (χ0v) is 20.2. The van der Waals surface area contributed by atoms with Crippen molar-refractivity contribution < 1.29 is 0 Å². The van der Waals surface area contributed by atoms with Crippen LogP contribution in [0.1, 0.15) is 0 Å². The Hall–Kier alpha value is -4.29. The molecule has 168 valence electrons. The molecular weight excluding hydrogens is 430 g/mol. The molecule has 0 N–H and O–H groups in total. The smallest absolute Gasteiger partial charge is 0.0686 e. The summed E-state index contributed by atoms with van der Waals surface area (Å²) in [5.41, 5.74) is 7.92. The fourth-order valence-electron chi connectivity index (χ4n) is 5.57. The van der Waals surface area contributed by atoms with Gasteiger partial charge in [-0.3, -0.25) is 0 Å². The summed E-state index contributed by atoms with van der Waals surface area (Å²) in [6.45, 7) is 0.286. The second kappa shape index (κ2) is 10.1. The molecule has 0 aliphatic carbocycles. The summed E-state index contributed by atoms with van der Waals surface area (Å²) in [6.07, 6.45) is 0. The first kappa shape index (κ1) is 22.2. The van der Waals surface area contributed by atoms with E-state index in [1.54, 1.807) is 0 Å². The third-order valence-corrected chi connectivity index (χ3v) is 7.12. The number of rotatable bonds is 6. The van der Waals surface area contributed by atoms with Crippen molar-refractivity contribution in [3.63, 3.8) is 0 Å². The molecule has 0 spiro atoms. The first-order valence-corrected chi connectivity index (χ1v) is 12.6. The van der Waals surface area contributed by atoms with E-state index in [2.05, 4.69) is 158 Å². The van der Waals surface area contributed by atoms with E-state index in [1.165, 1.54) is 43.5 Å². The average Bonchev–Trinajstić information content (AvgIpc) is 2.96. The molecular formula is C34H26B2. The van der Waals surface area contributed by atoms with Crippen molar-refractivity contribution in [3.05, 3.63) is 158 Å². The highest BCUT2D eigenvalue weighted by Crippen LogP contribution is 2.13. The molecule has 0 amide bonds. The van der Waals surface area contributed by atoms with E-state index < -0.39 is 0 Å². The molecule has 0 bridgehead atoms. The van der Waals surface area contributed by atoms with Crippen LogP contribution in [-0.2, 0) is 0 Å². The molecule has 0 aliphatic rings. The standard InChI is InChI=1S/C34H26B2/c1-5-17-28(18-6-1)35(29-19-7-2-8-20-29)32-25-13-15-27-16-14-26-33(34(27)32)36(30-21-9-3-10-22-30)31-23-11-4-12-24-31/h1-26H. The molecule has 6 aromatic carbocycles. The third-order valence-electron chi connectivity index (χ3n) is 7.12. The molecule has 0 atom stereocenters. The van der Waals surface area contributed by atoms with Gasteiger partial charge in [-0.1, -0.05) is 191 Å². The summed E-state index contributed by atoms with van der Waals surface area (Å²) in [4.78, 5) is 0. The predicted molar refractivity (Wildman–Crippen MR) is 159 cm³/mol. The van der Waals surface area contributed by atoms with Gasteiger partial charge in [0.15, 0.2) is 0 Å². The van der Waals surface area contributed by atoms with Gasteiger partial charge in [-0.15, -0.1) is 0 Å². The lowest BCUT2D eigenvalue weighted by Crippen LogP contribution is -2.56. The van der Waals surface area contributed by atoms with Crippen molar-refractivity contribution in [1.82, 2.24) is 0 Å². The van der Waals surface area contributed by atoms with Crippen molar-refractivity contribution in [2.24, 2.45) is 0 Å². The topological polar surface area (TPSA) is 0 Å². The summed E-state index contributed by atoms with van der Waals surface area (Å²) >= 11 is 0. The van der Waals surface area contributed by atoms with E-state index in [-0.39, 0.29) is 13.4 Å². The predicted octanol–water partition coefficient (Wildman–Crippen LogP) is 3.87. The van der Waals surface area contributed by atoms with Crippen molar-refractivity contribution in [2.75, 3.05) is 0 Å². The Labute approximate surface area is 214 Å². The van der Waals surface area contributed by atoms with E-state index >= 15 is 0 Å². The van der Waals surface area contributed by atoms with E-state index in [4.69, 9.17) is 0 Å². The molecule has 0 saturated carbocycles. The molecule has 0 aromatic heterocycles. The molecule has 0 nitrogen and oxygen atoms in total. The van der Waals surface area contributed by atoms with Gasteiger partial charge < -0.3 is 0 Å². The highest BCUT2D eigenvalue weighted by Gasteiger charge is 2.28. The van der Waals surface area contributed by atoms with Gasteiger partial charge in [0.2, 0.25) is 13.4 Å². The van der Waals surface area contributed by atoms with Gasteiger partial charge in [-0.05, 0) is 10.8 Å². The maximum absolute atomic E-state index is 2.32. The minimum atomic E-state index is 0.143. The van der Waals surface area contributed by atoms with E-state index in [0.29, 0.717) is 0 Å². The van der Waals surface area contributed by atoms with Gasteiger partial charge in [-0.2, -0.15) is 0 Å². The second-order valence-corrected chi connectivity index (χ2v) is 9.30. The van der Waals surface area contributed by atoms with Crippen LogP contribution >= 0.6 is 0 Å². The van der Waals surface area contributed by atoms with Gasteiger partial charge in [0.25, 0.3) is 0 Å². The summed E-state index contributed by atoms with van der Waals surface area (Å²) in [6, 6.07) is 57.2. The minimum absolute atomic E-state index is 0.143. The van der Waals surface area contributed by atoms with Crippen LogP contribution in [0.15, 0.2) is 158 Å². The number of hydrogen-bond acceptors (Lipinski definition) is 0. The second-order valence-electron chi connectivity index (χ2n) is 9.30. The van der Waals surface area contributed by atoms with Crippen molar-refractivity contribution in [2.45, 2.75) is 0 Å². The Morgan fingerprint density at radius 1 is 0.278 bits per heavy atom. The molecule has 0 saturated heterocycles. The minimum Gasteiger partial charge on any atom is -0.0686 e. The number of fused-ring (bicyclic) bond motifs is 1. The van der Waals surface area contributed by atoms with Gasteiger partial charge in [-0.25, -0.2) is 0 Å². The molecule has 0 aliphatic heterocycles. The monoisotopic (exact) mass is 456 g/mol. The third kappa shape index (κ3) is 4.27. The Bertz CT molecular complexity index is 1370. The Morgan fingerprint density at radius 3 is 0.889 bits per heavy atom. The summed E-state index contributed by atoms with van der Waals surface area (Å²) in [5, 5.41) is 2.62. The molecule has 0 fully saturated rings. The fraction of sp³-hybridized carbons (Fsp3) is 0. The lowest BCUT2D eigenvalue weighted by molar-refractivity contribution is 1.72. The van der Waals surface area contributed by atoms with Crippen LogP contribution in [0.25, 0.3) is 10.8 Å². The number of hydrogen-bond donors (Lipinski definition) is 0. The Balaban J connectivity index is 1.66. The van der Waals surface area contributed by atoms with Crippen molar-refractivity contribution >= 4 is 57.0 Å². The SMILES string of the molecule is c1ccc(B(c2ccccc2)c2cccc3cccc(B(c4ccccc4)c4ccccc4)c23)cc1. The zero-order valence-electron chi connectivity index (χ0n) is 20.2. The largest absolute Gasteiger partial charge is 0.241 e. The lowest BCUT2D eigenvalue weighted by Gasteiger charge is -2.23. The molecule has 6 rings (SSSR count). The molecule has 0 unspecified atom stereocenters. The van der Waals surface area contributed by atoms with Crippen LogP contribution in [0.5, 0.6) is 0 Å². The maximum atomic E-state index is 2.32. The molecule has 6 aromatic rings. The molecule has 36 heavy (non-hydrogen) atoms. The first-order valence-electron chi connectivity index (χ1n) is 12.6. The average molecular weight is 456 g/mol. The van der Waals surface area contributed by atoms with Crippen LogP contribution in [-0.4, -0.2) is 13.4 Å². The fourth-order valence-corrected chi connectivity index (χ4v) is 5.57. The highest BCUT2D eigenvalue weighted by molar-refractivity contribution is 7.00. The Kier molecular flexibility index (Phi) is 6.25. The zero-order chi connectivity index (χ0) is 24.2. The summed E-state index contributed by atoms with van der Waals surface area (Å²) in [5.74, 6) is 0. The van der Waals surface area contributed by atoms with Crippen LogP contribution in [0, 0.1) is 0 Å². The van der Waals surface area contributed by atoms with E-state index in [1.807, 2.05) is 0 Å². The summed E-state index contributed by atoms with van der Waals surface area (Å²) < 4.78 is 0. The van der Waals surface area contributed by atoms with Crippen LogP contribution < -0.4 is 32.8 Å². The van der Waals surface area contributed by atoms with E-state index in [0.717, 1.165) is 0 Å². The maximum Gasteiger partial charge on any atom is 0.241 e. The van der Waals surface area contributed by atoms with Crippen molar-refractivity contribution in [1.29, 1.82) is 0 Å². The highest BCUT2D eigenvalue weighted by atomic mass is 14.1. The lowest BCUT2D eigenvalue weighted by atomic mass is 9.33. The first-order chi connectivity index (χ1) is 17.9. The van der Waals surface area contributed by atoms with Crippen LogP contribution in [0.2, 0.25) is 0 Å². The quantitative estimate of drug-likeness (QED) is 0.334. The number of benzene rings is 6. The summed E-state index contributed by atoms with van der Waals surface area (Å²) in [7, 11) is 0.